The van der Waals surface area contributed by atoms with Crippen LogP contribution < -0.4 is 4.72 Å². The molecule has 24 heavy (non-hydrogen) atoms. The van der Waals surface area contributed by atoms with E-state index in [-0.39, 0.29) is 0 Å². The van der Waals surface area contributed by atoms with E-state index in [0.717, 1.165) is 44.9 Å². The Balaban J connectivity index is 1.71. The highest BCUT2D eigenvalue weighted by molar-refractivity contribution is 7.97. The number of benzene rings is 1. The zero-order valence-electron chi connectivity index (χ0n) is 14.1. The molecule has 0 saturated heterocycles. The van der Waals surface area contributed by atoms with Crippen molar-refractivity contribution in [2.45, 2.75) is 26.3 Å². The van der Waals surface area contributed by atoms with Gasteiger partial charge >= 0.3 is 0 Å². The van der Waals surface area contributed by atoms with Gasteiger partial charge in [-0.1, -0.05) is 24.1 Å². The van der Waals surface area contributed by atoms with E-state index in [0.29, 0.717) is 5.56 Å². The second kappa shape index (κ2) is 10.9. The van der Waals surface area contributed by atoms with Gasteiger partial charge in [0, 0.05) is 50.4 Å². The van der Waals surface area contributed by atoms with Crippen molar-refractivity contribution in [2.24, 2.45) is 0 Å². The highest BCUT2D eigenvalue weighted by Crippen LogP contribution is 2.09. The van der Waals surface area contributed by atoms with Crippen LogP contribution in [0.1, 0.15) is 30.2 Å². The minimum absolute atomic E-state index is 0.690. The van der Waals surface area contributed by atoms with Crippen molar-refractivity contribution in [3.63, 3.8) is 0 Å². The van der Waals surface area contributed by atoms with E-state index in [1.54, 1.807) is 11.9 Å². The number of hydrogen-bond donors (Lipinski definition) is 1. The zero-order valence-corrected chi connectivity index (χ0v) is 14.9. The molecule has 1 N–H and O–H groups in total. The molecule has 0 spiro atoms. The molecule has 0 aliphatic carbocycles. The van der Waals surface area contributed by atoms with Crippen LogP contribution in [0, 0.1) is 11.3 Å². The Labute approximate surface area is 148 Å². The molecule has 1 aromatic carbocycles. The fraction of sp³-hybridized carbons (Fsp3) is 0.444. The second-order valence-corrected chi connectivity index (χ2v) is 6.35. The molecule has 0 aliphatic heterocycles. The third kappa shape index (κ3) is 6.36. The van der Waals surface area contributed by atoms with E-state index in [1.807, 2.05) is 43.7 Å². The summed E-state index contributed by atoms with van der Waals surface area (Å²) in [6.07, 6.45) is 5.80. The monoisotopic (exact) mass is 344 g/mol. The summed E-state index contributed by atoms with van der Waals surface area (Å²) >= 11 is 1.75. The highest BCUT2D eigenvalue weighted by atomic mass is 32.2. The normalized spacial score (nSPS) is 10.7. The highest BCUT2D eigenvalue weighted by Gasteiger charge is 2.03. The number of nitriles is 1. The summed E-state index contributed by atoms with van der Waals surface area (Å²) in [5.41, 5.74) is 3.07. The van der Waals surface area contributed by atoms with Gasteiger partial charge in [0.05, 0.1) is 18.0 Å². The Morgan fingerprint density at radius 3 is 2.92 bits per heavy atom. The van der Waals surface area contributed by atoms with Gasteiger partial charge < -0.3 is 9.30 Å². The zero-order chi connectivity index (χ0) is 17.0. The van der Waals surface area contributed by atoms with Crippen LogP contribution in [0.4, 0.5) is 0 Å². The molecule has 0 fully saturated rings. The molecule has 0 unspecified atom stereocenters. The van der Waals surface area contributed by atoms with Crippen molar-refractivity contribution in [3.05, 3.63) is 53.6 Å². The van der Waals surface area contributed by atoms with Crippen LogP contribution in [0.3, 0.4) is 0 Å². The molecule has 1 heterocycles. The Hall–Kier alpha value is -1.81. The van der Waals surface area contributed by atoms with Crippen LogP contribution in [0.2, 0.25) is 0 Å². The van der Waals surface area contributed by atoms with Crippen molar-refractivity contribution < 1.29 is 4.74 Å². The molecule has 0 bridgehead atoms. The summed E-state index contributed by atoms with van der Waals surface area (Å²) in [4.78, 5) is 4.26. The number of aromatic nitrogens is 2. The maximum atomic E-state index is 8.85. The molecule has 5 nitrogen and oxygen atoms in total. The Kier molecular flexibility index (Phi) is 8.39. The molecule has 1 aromatic heterocycles. The van der Waals surface area contributed by atoms with E-state index in [9.17, 15) is 0 Å². The third-order valence-electron chi connectivity index (χ3n) is 3.56. The first kappa shape index (κ1) is 18.5. The van der Waals surface area contributed by atoms with Gasteiger partial charge in [0.25, 0.3) is 0 Å². The van der Waals surface area contributed by atoms with Gasteiger partial charge in [-0.25, -0.2) is 4.98 Å². The largest absolute Gasteiger partial charge is 0.382 e. The van der Waals surface area contributed by atoms with Crippen molar-refractivity contribution in [2.75, 3.05) is 25.5 Å². The van der Waals surface area contributed by atoms with Crippen LogP contribution >= 0.6 is 11.9 Å². The lowest BCUT2D eigenvalue weighted by Gasteiger charge is -2.09. The average molecular weight is 344 g/mol. The third-order valence-corrected chi connectivity index (χ3v) is 4.46. The summed E-state index contributed by atoms with van der Waals surface area (Å²) in [5, 5.41) is 8.85. The predicted molar refractivity (Wildman–Crippen MR) is 97.8 cm³/mol. The van der Waals surface area contributed by atoms with Crippen molar-refractivity contribution >= 4 is 11.9 Å². The van der Waals surface area contributed by atoms with E-state index in [4.69, 9.17) is 10.00 Å². The first-order valence-electron chi connectivity index (χ1n) is 8.24. The lowest BCUT2D eigenvalue weighted by molar-refractivity contribution is 0.149. The molecule has 128 valence electrons. The Morgan fingerprint density at radius 2 is 2.17 bits per heavy atom. The van der Waals surface area contributed by atoms with Gasteiger partial charge in [0.2, 0.25) is 0 Å². The number of rotatable bonds is 11. The Morgan fingerprint density at radius 1 is 1.33 bits per heavy atom. The first-order chi connectivity index (χ1) is 11.8. The molecule has 0 amide bonds. The topological polar surface area (TPSA) is 62.9 Å². The summed E-state index contributed by atoms with van der Waals surface area (Å²) in [7, 11) is 0. The lowest BCUT2D eigenvalue weighted by Crippen LogP contribution is -2.13. The summed E-state index contributed by atoms with van der Waals surface area (Å²) in [6, 6.07) is 9.84. The summed E-state index contributed by atoms with van der Waals surface area (Å²) < 4.78 is 10.9. The molecule has 2 aromatic rings. The fourth-order valence-electron chi connectivity index (χ4n) is 2.28. The van der Waals surface area contributed by atoms with Gasteiger partial charge in [-0.2, -0.15) is 5.26 Å². The van der Waals surface area contributed by atoms with Gasteiger partial charge in [-0.05, 0) is 31.0 Å². The number of nitrogens with zero attached hydrogens (tertiary/aromatic N) is 3. The molecular formula is C18H24N4OS. The minimum atomic E-state index is 0.690. The predicted octanol–water partition coefficient (Wildman–Crippen LogP) is 3.01. The number of ether oxygens (including phenoxy) is 1. The van der Waals surface area contributed by atoms with E-state index >= 15 is 0 Å². The van der Waals surface area contributed by atoms with Crippen LogP contribution in [0.15, 0.2) is 36.8 Å². The molecule has 0 aliphatic rings. The summed E-state index contributed by atoms with van der Waals surface area (Å²) in [5.74, 6) is 1.06. The number of nitrogens with one attached hydrogen (secondary N) is 1. The SMILES string of the molecule is CCOCCCSNCCc1cncn1Cc1ccc(C#N)cc1. The van der Waals surface area contributed by atoms with E-state index < -0.39 is 0 Å². The molecule has 2 rings (SSSR count). The molecular weight excluding hydrogens is 320 g/mol. The van der Waals surface area contributed by atoms with Gasteiger partial charge in [-0.3, -0.25) is 4.72 Å². The van der Waals surface area contributed by atoms with E-state index in [2.05, 4.69) is 20.3 Å². The van der Waals surface area contributed by atoms with Gasteiger partial charge in [0.1, 0.15) is 0 Å². The molecule has 0 atom stereocenters. The van der Waals surface area contributed by atoms with Crippen LogP contribution in [0.5, 0.6) is 0 Å². The molecule has 0 saturated carbocycles. The van der Waals surface area contributed by atoms with Crippen molar-refractivity contribution in [1.82, 2.24) is 14.3 Å². The quantitative estimate of drug-likeness (QED) is 0.501. The number of imidazole rings is 1. The van der Waals surface area contributed by atoms with Crippen LogP contribution in [-0.2, 0) is 17.7 Å². The second-order valence-electron chi connectivity index (χ2n) is 5.36. The fourth-order valence-corrected chi connectivity index (χ4v) is 2.93. The van der Waals surface area contributed by atoms with Gasteiger partial charge in [-0.15, -0.1) is 0 Å². The standard InChI is InChI=1S/C18H24N4OS/c1-2-23-10-3-11-24-21-9-8-18-13-20-15-22(18)14-17-6-4-16(12-19)5-7-17/h4-7,13,15,21H,2-3,8-11,14H2,1H3. The van der Waals surface area contributed by atoms with E-state index in [1.165, 1.54) is 11.3 Å². The van der Waals surface area contributed by atoms with Crippen LogP contribution in [-0.4, -0.2) is 35.1 Å². The molecule has 0 radical (unpaired) electrons. The number of hydrogen-bond acceptors (Lipinski definition) is 5. The van der Waals surface area contributed by atoms with Crippen molar-refractivity contribution in [3.8, 4) is 6.07 Å². The average Bonchev–Trinajstić information content (AvgIpc) is 3.05. The minimum Gasteiger partial charge on any atom is -0.382 e. The molecule has 6 heteroatoms. The Bertz CT molecular complexity index is 633. The van der Waals surface area contributed by atoms with Crippen LogP contribution in [0.25, 0.3) is 0 Å². The van der Waals surface area contributed by atoms with Gasteiger partial charge in [0.15, 0.2) is 0 Å². The first-order valence-corrected chi connectivity index (χ1v) is 9.22. The van der Waals surface area contributed by atoms with Crippen molar-refractivity contribution in [1.29, 1.82) is 5.26 Å². The maximum Gasteiger partial charge on any atom is 0.0991 e. The maximum absolute atomic E-state index is 8.85. The lowest BCUT2D eigenvalue weighted by atomic mass is 10.1. The summed E-state index contributed by atoms with van der Waals surface area (Å²) in [6.45, 7) is 5.34. The smallest absolute Gasteiger partial charge is 0.0991 e.